The maximum Gasteiger partial charge on any atom is 0.316 e. The molecule has 0 atom stereocenters. The van der Waals surface area contributed by atoms with Gasteiger partial charge in [0, 0.05) is 19.4 Å². The zero-order valence-corrected chi connectivity index (χ0v) is 10.1. The van der Waals surface area contributed by atoms with Gasteiger partial charge in [-0.2, -0.15) is 5.26 Å². The molecule has 0 bridgehead atoms. The molecular formula is C13H10FN3O2. The molecule has 19 heavy (non-hydrogen) atoms. The van der Waals surface area contributed by atoms with Gasteiger partial charge >= 0.3 is 11.1 Å². The van der Waals surface area contributed by atoms with E-state index in [0.717, 1.165) is 0 Å². The molecule has 1 aromatic heterocycles. The second-order valence-corrected chi connectivity index (χ2v) is 4.07. The number of hydrogen-bond acceptors (Lipinski definition) is 3. The topological polar surface area (TPSA) is 67.8 Å². The fraction of sp³-hybridized carbons (Fsp3) is 0.154. The van der Waals surface area contributed by atoms with Crippen molar-refractivity contribution in [1.29, 1.82) is 5.26 Å². The highest BCUT2D eigenvalue weighted by Crippen LogP contribution is 2.10. The molecule has 2 aromatic rings. The van der Waals surface area contributed by atoms with Crippen LogP contribution in [-0.2, 0) is 13.6 Å². The summed E-state index contributed by atoms with van der Waals surface area (Å²) >= 11 is 0. The maximum absolute atomic E-state index is 13.2. The average Bonchev–Trinajstić information content (AvgIpc) is 2.41. The van der Waals surface area contributed by atoms with Crippen molar-refractivity contribution in [3.8, 4) is 6.07 Å². The number of rotatable bonds is 2. The zero-order chi connectivity index (χ0) is 14.0. The molecule has 0 fully saturated rings. The first-order valence-corrected chi connectivity index (χ1v) is 5.47. The van der Waals surface area contributed by atoms with Crippen LogP contribution in [-0.4, -0.2) is 9.13 Å². The summed E-state index contributed by atoms with van der Waals surface area (Å²) in [5.41, 5.74) is -0.805. The highest BCUT2D eigenvalue weighted by Gasteiger charge is 2.06. The largest absolute Gasteiger partial charge is 0.316 e. The summed E-state index contributed by atoms with van der Waals surface area (Å²) in [6, 6.07) is 5.73. The Morgan fingerprint density at radius 2 is 2.00 bits per heavy atom. The molecule has 0 saturated carbocycles. The first kappa shape index (κ1) is 12.8. The maximum atomic E-state index is 13.2. The molecule has 0 aliphatic heterocycles. The SMILES string of the molecule is Cn1ccn(Cc2ccc(F)c(C#N)c2)c(=O)c1=O. The minimum Gasteiger partial charge on any atom is -0.312 e. The van der Waals surface area contributed by atoms with Gasteiger partial charge in [0.25, 0.3) is 0 Å². The minimum atomic E-state index is -0.659. The third-order valence-corrected chi connectivity index (χ3v) is 2.74. The van der Waals surface area contributed by atoms with Gasteiger partial charge in [-0.05, 0) is 17.7 Å². The molecule has 1 heterocycles. The van der Waals surface area contributed by atoms with Gasteiger partial charge in [-0.3, -0.25) is 9.59 Å². The molecular weight excluding hydrogens is 249 g/mol. The van der Waals surface area contributed by atoms with Crippen molar-refractivity contribution in [1.82, 2.24) is 9.13 Å². The number of aryl methyl sites for hydroxylation is 1. The molecule has 6 heteroatoms. The van der Waals surface area contributed by atoms with Crippen LogP contribution in [0.3, 0.4) is 0 Å². The van der Waals surface area contributed by atoms with Crippen LogP contribution >= 0.6 is 0 Å². The van der Waals surface area contributed by atoms with Gasteiger partial charge in [-0.1, -0.05) is 6.07 Å². The highest BCUT2D eigenvalue weighted by atomic mass is 19.1. The van der Waals surface area contributed by atoms with Crippen LogP contribution in [0.15, 0.2) is 40.2 Å². The molecule has 0 aliphatic carbocycles. The fourth-order valence-electron chi connectivity index (χ4n) is 1.67. The van der Waals surface area contributed by atoms with Crippen LogP contribution in [0, 0.1) is 17.1 Å². The van der Waals surface area contributed by atoms with Crippen LogP contribution in [0.25, 0.3) is 0 Å². The number of nitrogens with zero attached hydrogens (tertiary/aromatic N) is 3. The Labute approximate surface area is 107 Å². The number of nitriles is 1. The molecule has 0 aliphatic rings. The van der Waals surface area contributed by atoms with Crippen LogP contribution in [0.4, 0.5) is 4.39 Å². The van der Waals surface area contributed by atoms with E-state index in [2.05, 4.69) is 0 Å². The lowest BCUT2D eigenvalue weighted by Crippen LogP contribution is -2.39. The molecule has 0 unspecified atom stereocenters. The Morgan fingerprint density at radius 3 is 2.68 bits per heavy atom. The standard InChI is InChI=1S/C13H10FN3O2/c1-16-4-5-17(13(19)12(16)18)8-9-2-3-11(14)10(6-9)7-15/h2-6H,8H2,1H3. The Kier molecular flexibility index (Phi) is 3.29. The Balaban J connectivity index is 2.43. The molecule has 0 amide bonds. The molecule has 0 N–H and O–H groups in total. The van der Waals surface area contributed by atoms with Crippen molar-refractivity contribution >= 4 is 0 Å². The van der Waals surface area contributed by atoms with Gasteiger partial charge in [0.2, 0.25) is 0 Å². The zero-order valence-electron chi connectivity index (χ0n) is 10.1. The molecule has 1 aromatic carbocycles. The summed E-state index contributed by atoms with van der Waals surface area (Å²) in [6.07, 6.45) is 2.94. The molecule has 0 saturated heterocycles. The summed E-state index contributed by atoms with van der Waals surface area (Å²) in [6.45, 7) is 0.115. The van der Waals surface area contributed by atoms with E-state index in [4.69, 9.17) is 5.26 Å². The number of hydrogen-bond donors (Lipinski definition) is 0. The lowest BCUT2D eigenvalue weighted by Gasteiger charge is -2.06. The van der Waals surface area contributed by atoms with Gasteiger partial charge < -0.3 is 9.13 Å². The Bertz CT molecular complexity index is 784. The van der Waals surface area contributed by atoms with Crippen molar-refractivity contribution < 1.29 is 4.39 Å². The first-order valence-electron chi connectivity index (χ1n) is 5.47. The van der Waals surface area contributed by atoms with Crippen LogP contribution in [0.5, 0.6) is 0 Å². The number of aromatic nitrogens is 2. The van der Waals surface area contributed by atoms with E-state index in [1.54, 1.807) is 6.07 Å². The predicted molar refractivity (Wildman–Crippen MR) is 66.2 cm³/mol. The summed E-state index contributed by atoms with van der Waals surface area (Å²) < 4.78 is 15.6. The molecule has 0 radical (unpaired) electrons. The molecule has 5 nitrogen and oxygen atoms in total. The average molecular weight is 259 g/mol. The Morgan fingerprint density at radius 1 is 1.26 bits per heavy atom. The van der Waals surface area contributed by atoms with E-state index in [1.165, 1.54) is 46.8 Å². The van der Waals surface area contributed by atoms with Gasteiger partial charge in [0.05, 0.1) is 12.1 Å². The third kappa shape index (κ3) is 2.45. The first-order chi connectivity index (χ1) is 9.02. The summed E-state index contributed by atoms with van der Waals surface area (Å²) in [5.74, 6) is -0.609. The van der Waals surface area contributed by atoms with E-state index < -0.39 is 16.9 Å². The van der Waals surface area contributed by atoms with Crippen molar-refractivity contribution in [2.75, 3.05) is 0 Å². The van der Waals surface area contributed by atoms with E-state index in [-0.39, 0.29) is 12.1 Å². The van der Waals surface area contributed by atoms with Gasteiger partial charge in [0.1, 0.15) is 11.9 Å². The molecule has 0 spiro atoms. The van der Waals surface area contributed by atoms with Crippen molar-refractivity contribution in [2.24, 2.45) is 7.05 Å². The minimum absolute atomic E-state index is 0.0885. The molecule has 2 rings (SSSR count). The fourth-order valence-corrected chi connectivity index (χ4v) is 1.67. The summed E-state index contributed by atoms with van der Waals surface area (Å²) in [5, 5.41) is 8.73. The summed E-state index contributed by atoms with van der Waals surface area (Å²) in [7, 11) is 1.49. The van der Waals surface area contributed by atoms with Crippen molar-refractivity contribution in [3.63, 3.8) is 0 Å². The number of benzene rings is 1. The van der Waals surface area contributed by atoms with E-state index >= 15 is 0 Å². The van der Waals surface area contributed by atoms with Crippen LogP contribution in [0.2, 0.25) is 0 Å². The van der Waals surface area contributed by atoms with Crippen molar-refractivity contribution in [3.05, 3.63) is 68.2 Å². The third-order valence-electron chi connectivity index (χ3n) is 2.74. The quantitative estimate of drug-likeness (QED) is 0.742. The van der Waals surface area contributed by atoms with E-state index in [9.17, 15) is 14.0 Å². The van der Waals surface area contributed by atoms with Gasteiger partial charge in [0.15, 0.2) is 0 Å². The smallest absolute Gasteiger partial charge is 0.312 e. The summed E-state index contributed by atoms with van der Waals surface area (Å²) in [4.78, 5) is 23.2. The number of halogens is 1. The lowest BCUT2D eigenvalue weighted by molar-refractivity contribution is 0.621. The molecule has 96 valence electrons. The lowest BCUT2D eigenvalue weighted by atomic mass is 10.1. The van der Waals surface area contributed by atoms with Crippen LogP contribution in [0.1, 0.15) is 11.1 Å². The normalized spacial score (nSPS) is 10.2. The van der Waals surface area contributed by atoms with Gasteiger partial charge in [-0.25, -0.2) is 4.39 Å². The monoisotopic (exact) mass is 259 g/mol. The predicted octanol–water partition coefficient (Wildman–Crippen LogP) is 0.606. The van der Waals surface area contributed by atoms with Gasteiger partial charge in [-0.15, -0.1) is 0 Å². The second kappa shape index (κ2) is 4.90. The van der Waals surface area contributed by atoms with E-state index in [1.807, 2.05) is 0 Å². The second-order valence-electron chi connectivity index (χ2n) is 4.07. The Hall–Kier alpha value is -2.68. The van der Waals surface area contributed by atoms with Crippen LogP contribution < -0.4 is 11.1 Å². The van der Waals surface area contributed by atoms with Crippen molar-refractivity contribution in [2.45, 2.75) is 6.54 Å². The van der Waals surface area contributed by atoms with E-state index in [0.29, 0.717) is 5.56 Å². The highest BCUT2D eigenvalue weighted by molar-refractivity contribution is 5.34.